The maximum atomic E-state index is 8.55. The molecular weight excluding hydrogens is 1120 g/mol. The maximum Gasteiger partial charge on any atom is 1.00 e. The fraction of sp³-hybridized carbons (Fsp3) is 0. The number of rotatable bonds is 0. The van der Waals surface area contributed by atoms with Crippen LogP contribution in [0.3, 0.4) is 0 Å². The summed E-state index contributed by atoms with van der Waals surface area (Å²) in [6, 6.07) is 0. The predicted molar refractivity (Wildman–Crippen MR) is 53.2 cm³/mol. The van der Waals surface area contributed by atoms with Crippen molar-refractivity contribution in [2.24, 2.45) is 0 Å². The SMILES string of the molecule is O=P([O-])([O-])[O-].O=P([O-])([O-])[O-].O=P([O-])([O-])[O-].O=P([O-])([O-])[O-].O=P([O-])([O-])[O-].O=P([O-])([O-])[O-].O=P([O-])([O-])[O-].[F-].[F-].[F-].[F-].[F-].[F-].[F-].[Li+].[Li+].[Li+].[Li+].[Na+].[Na+].[Na+].[Na+].[V].[V].[V].[V]. The fourth-order valence-corrected chi connectivity index (χ4v) is 0. The molecule has 0 aromatic carbocycles. The minimum atomic E-state index is -5.39. The Morgan fingerprint density at radius 1 is 0.185 bits per heavy atom. The first-order chi connectivity index (χ1) is 14.0. The van der Waals surface area contributed by atoms with Gasteiger partial charge < -0.3 is 168 Å². The van der Waals surface area contributed by atoms with Crippen molar-refractivity contribution >= 4 is 54.8 Å². The number of phosphoric acid groups is 7. The predicted octanol–water partition coefficient (Wildman–Crippen LogP) is -64.7. The van der Waals surface area contributed by atoms with E-state index >= 15 is 0 Å². The van der Waals surface area contributed by atoms with Gasteiger partial charge in [0.2, 0.25) is 0 Å². The van der Waals surface area contributed by atoms with Gasteiger partial charge in [0.05, 0.1) is 0 Å². The molecule has 0 atom stereocenters. The van der Waals surface area contributed by atoms with Gasteiger partial charge in [-0.2, -0.15) is 54.8 Å². The van der Waals surface area contributed by atoms with Crippen LogP contribution in [0.25, 0.3) is 0 Å². The minimum Gasteiger partial charge on any atom is -1.00 e. The first kappa shape index (κ1) is 177. The van der Waals surface area contributed by atoms with E-state index in [1.807, 2.05) is 0 Å². The van der Waals surface area contributed by atoms with Crippen LogP contribution in [0.4, 0.5) is 0 Å². The van der Waals surface area contributed by atoms with Gasteiger partial charge in [0.1, 0.15) is 0 Å². The maximum absolute atomic E-state index is 8.55. The average Bonchev–Trinajstić information content (AvgIpc) is 2.06. The molecule has 0 heterocycles. The first-order valence-corrected chi connectivity index (χ1v) is 15.3. The molecule has 0 rings (SSSR count). The van der Waals surface area contributed by atoms with Gasteiger partial charge in [-0.1, -0.05) is 0 Å². The molecule has 0 aliphatic rings. The van der Waals surface area contributed by atoms with E-state index < -0.39 is 54.8 Å². The van der Waals surface area contributed by atoms with Gasteiger partial charge in [-0.05, 0) is 0 Å². The van der Waals surface area contributed by atoms with E-state index in [1.54, 1.807) is 0 Å². The Labute approximate surface area is 482 Å². The summed E-state index contributed by atoms with van der Waals surface area (Å²) in [5, 5.41) is 0. The van der Waals surface area contributed by atoms with Gasteiger partial charge in [0.25, 0.3) is 0 Å². The van der Waals surface area contributed by atoms with Gasteiger partial charge >= 0.3 is 194 Å². The smallest absolute Gasteiger partial charge is 1.00 e. The van der Waals surface area contributed by atoms with Crippen LogP contribution >= 0.6 is 54.8 Å². The third-order valence-electron chi connectivity index (χ3n) is 0. The van der Waals surface area contributed by atoms with Gasteiger partial charge in [-0.25, -0.2) is 0 Å². The summed E-state index contributed by atoms with van der Waals surface area (Å²) < 4.78 is 59.8. The Bertz CT molecular complexity index is 633. The van der Waals surface area contributed by atoms with E-state index in [4.69, 9.17) is 135 Å². The zero-order valence-electron chi connectivity index (χ0n) is 27.0. The molecule has 0 saturated heterocycles. The molecule has 0 fully saturated rings. The third kappa shape index (κ3) is 2710. The Hall–Kier alpha value is 9.01. The molecule has 0 spiro atoms. The van der Waals surface area contributed by atoms with E-state index in [9.17, 15) is 0 Å². The topological polar surface area (TPSA) is 604 Å². The van der Waals surface area contributed by atoms with Gasteiger partial charge in [0.15, 0.2) is 0 Å². The van der Waals surface area contributed by atoms with Gasteiger partial charge in [0, 0.05) is 74.2 Å². The van der Waals surface area contributed by atoms with E-state index in [0.717, 1.165) is 0 Å². The zero-order valence-corrected chi connectivity index (χ0v) is 46.8. The molecule has 4 radical (unpaired) electrons. The molecule has 0 aliphatic carbocycles. The first-order valence-electron chi connectivity index (χ1n) is 5.11. The summed E-state index contributed by atoms with van der Waals surface area (Å²) >= 11 is 0. The minimum absolute atomic E-state index is 0. The summed E-state index contributed by atoms with van der Waals surface area (Å²) in [7, 11) is -37.7. The second-order valence-electron chi connectivity index (χ2n) is 3.13. The van der Waals surface area contributed by atoms with Crippen molar-refractivity contribution in [3.8, 4) is 0 Å². The quantitative estimate of drug-likeness (QED) is 0.123. The fourth-order valence-electron chi connectivity index (χ4n) is 0. The molecule has 0 aromatic rings. The number of halogens is 7. The summed E-state index contributed by atoms with van der Waals surface area (Å²) in [6.45, 7) is 0. The van der Waals surface area contributed by atoms with Crippen LogP contribution in [0.2, 0.25) is 0 Å². The Kier molecular flexibility index (Phi) is 291. The van der Waals surface area contributed by atoms with Crippen LogP contribution in [-0.2, 0) is 106 Å². The van der Waals surface area contributed by atoms with E-state index in [1.165, 1.54) is 0 Å². The molecule has 54 heavy (non-hydrogen) atoms. The molecule has 0 aliphatic heterocycles. The number of hydrogen-bond acceptors (Lipinski definition) is 28. The monoisotopic (exact) mass is 1120 g/mol. The van der Waals surface area contributed by atoms with Crippen molar-refractivity contribution in [2.45, 2.75) is 0 Å². The van der Waals surface area contributed by atoms with Crippen molar-refractivity contribution in [2.75, 3.05) is 0 Å². The summed E-state index contributed by atoms with van der Waals surface area (Å²) in [4.78, 5) is 180. The molecule has 0 N–H and O–H groups in total. The second kappa shape index (κ2) is 88.7. The Balaban J connectivity index is -0.00000000667. The largest absolute Gasteiger partial charge is 1.00 e. The van der Waals surface area contributed by atoms with Gasteiger partial charge in [-0.15, -0.1) is 0 Å². The average molecular weight is 1120 g/mol. The van der Waals surface area contributed by atoms with E-state index in [0.29, 0.717) is 0 Å². The summed E-state index contributed by atoms with van der Waals surface area (Å²) in [5.74, 6) is 0. The molecule has 0 amide bonds. The summed E-state index contributed by atoms with van der Waals surface area (Å²) in [5.41, 5.74) is 0. The Morgan fingerprint density at radius 3 is 0.185 bits per heavy atom. The molecule has 0 saturated carbocycles. The van der Waals surface area contributed by atoms with Crippen LogP contribution in [0, 0.1) is 0 Å². The molecule has 300 valence electrons. The van der Waals surface area contributed by atoms with Crippen LogP contribution in [-0.4, -0.2) is 0 Å². The molecule has 54 heteroatoms. The van der Waals surface area contributed by atoms with Crippen molar-refractivity contribution < 1.29 is 436 Å². The molecule has 0 aromatic heterocycles. The van der Waals surface area contributed by atoms with E-state index in [2.05, 4.69) is 0 Å². The van der Waals surface area contributed by atoms with Crippen molar-refractivity contribution in [1.29, 1.82) is 0 Å². The van der Waals surface area contributed by atoms with Crippen molar-refractivity contribution in [3.63, 3.8) is 0 Å². The Morgan fingerprint density at radius 2 is 0.185 bits per heavy atom. The molecule has 0 unspecified atom stereocenters. The van der Waals surface area contributed by atoms with Crippen LogP contribution < -0.4 is 329 Å². The van der Waals surface area contributed by atoms with Crippen molar-refractivity contribution in [1.82, 2.24) is 0 Å². The van der Waals surface area contributed by atoms with Crippen molar-refractivity contribution in [3.05, 3.63) is 0 Å². The standard InChI is InChI=1S/7FH.4Li.4Na.7H3O4P.4V/c;;;;;;;;;;;;;;;7*1-5(2,3)4;;;;/h7*1H;;;;;;;;;7*(H3,1,2,3,4);;;;/q;;;;;;;8*+1;;;;;;;;;;;/p-28. The van der Waals surface area contributed by atoms with E-state index in [-0.39, 0.29) is 301 Å². The second-order valence-corrected chi connectivity index (χ2v) is 9.39. The zero-order chi connectivity index (χ0) is 31.5. The van der Waals surface area contributed by atoms with Crippen LogP contribution in [0.15, 0.2) is 0 Å². The molecule has 0 bridgehead atoms. The van der Waals surface area contributed by atoms with Crippen LogP contribution in [0.1, 0.15) is 0 Å². The third-order valence-corrected chi connectivity index (χ3v) is 0. The molecular formula is F7Li4Na4O28P7V4-20. The summed E-state index contributed by atoms with van der Waals surface area (Å²) in [6.07, 6.45) is 0. The van der Waals surface area contributed by atoms with Crippen LogP contribution in [0.5, 0.6) is 0 Å². The van der Waals surface area contributed by atoms with Gasteiger partial charge in [-0.3, -0.25) is 0 Å². The normalized spacial score (nSPS) is 7.65. The molecule has 28 nitrogen and oxygen atoms in total. The number of hydrogen-bond donors (Lipinski definition) is 0.